The molecule has 0 radical (unpaired) electrons. The molecule has 21 heavy (non-hydrogen) atoms. The number of amides is 1. The van der Waals surface area contributed by atoms with Crippen LogP contribution < -0.4 is 13.9 Å². The number of ether oxygens (including phenoxy) is 1. The number of carbonyl (C=O) groups excluding carboxylic acids is 1. The van der Waals surface area contributed by atoms with Gasteiger partial charge in [0.05, 0.1) is 23.9 Å². The van der Waals surface area contributed by atoms with Gasteiger partial charge in [-0.05, 0) is 24.6 Å². The number of benzene rings is 1. The first-order valence-corrected chi connectivity index (χ1v) is 8.06. The molecule has 0 spiro atoms. The van der Waals surface area contributed by atoms with Gasteiger partial charge in [0.15, 0.2) is 0 Å². The van der Waals surface area contributed by atoms with Crippen LogP contribution in [-0.2, 0) is 19.7 Å². The third-order valence-corrected chi connectivity index (χ3v) is 5.69. The maximum Gasteiger partial charge on any atom is 0.326 e. The Morgan fingerprint density at radius 1 is 1.29 bits per heavy atom. The number of carbonyl (C=O) groups is 1. The molecule has 8 heteroatoms. The summed E-state index contributed by atoms with van der Waals surface area (Å²) in [7, 11) is -0.490. The number of fused-ring (bicyclic) bond motifs is 1. The van der Waals surface area contributed by atoms with Crippen LogP contribution >= 0.6 is 0 Å². The Hall–Kier alpha value is -1.80. The van der Waals surface area contributed by atoms with Crippen molar-refractivity contribution in [1.29, 1.82) is 0 Å². The fraction of sp³-hybridized carbons (Fsp3) is 0.462. The number of nitrogens with zero attached hydrogens (tertiary/aromatic N) is 2. The molecule has 1 unspecified atom stereocenters. The number of hydrogen-bond acceptors (Lipinski definition) is 4. The largest absolute Gasteiger partial charge is 0.381 e. The average Bonchev–Trinajstić information content (AvgIpc) is 3.04. The molecule has 3 rings (SSSR count). The minimum Gasteiger partial charge on any atom is -0.381 e. The predicted octanol–water partition coefficient (Wildman–Crippen LogP) is 0.792. The van der Waals surface area contributed by atoms with Crippen LogP contribution in [0.1, 0.15) is 6.42 Å². The van der Waals surface area contributed by atoms with Crippen LogP contribution in [0, 0.1) is 5.92 Å². The third kappa shape index (κ3) is 2.24. The Kier molecular flexibility index (Phi) is 3.29. The highest BCUT2D eigenvalue weighted by Gasteiger charge is 2.35. The second kappa shape index (κ2) is 4.88. The predicted molar refractivity (Wildman–Crippen MR) is 79.7 cm³/mol. The monoisotopic (exact) mass is 311 g/mol. The number of nitrogens with one attached hydrogen (secondary N) is 1. The Labute approximate surface area is 123 Å². The number of hydrogen-bond donors (Lipinski definition) is 1. The fourth-order valence-electron chi connectivity index (χ4n) is 2.54. The summed E-state index contributed by atoms with van der Waals surface area (Å²) in [5, 5.41) is 2.82. The van der Waals surface area contributed by atoms with Crippen molar-refractivity contribution >= 4 is 33.2 Å². The first-order valence-electron chi connectivity index (χ1n) is 6.66. The molecule has 7 nitrogen and oxygen atoms in total. The molecule has 1 N–H and O–H groups in total. The van der Waals surface area contributed by atoms with Crippen molar-refractivity contribution in [2.75, 3.05) is 41.2 Å². The lowest BCUT2D eigenvalue weighted by molar-refractivity contribution is -0.119. The minimum atomic E-state index is -3.49. The molecule has 1 fully saturated rings. The molecule has 0 saturated carbocycles. The zero-order valence-electron chi connectivity index (χ0n) is 11.9. The van der Waals surface area contributed by atoms with Crippen LogP contribution in [-0.4, -0.2) is 41.6 Å². The first-order chi connectivity index (χ1) is 9.91. The Morgan fingerprint density at radius 2 is 2.00 bits per heavy atom. The van der Waals surface area contributed by atoms with Crippen molar-refractivity contribution in [3.63, 3.8) is 0 Å². The van der Waals surface area contributed by atoms with Crippen LogP contribution in [0.15, 0.2) is 18.2 Å². The van der Waals surface area contributed by atoms with E-state index in [1.165, 1.54) is 22.7 Å². The smallest absolute Gasteiger partial charge is 0.326 e. The zero-order chi connectivity index (χ0) is 15.2. The van der Waals surface area contributed by atoms with Crippen molar-refractivity contribution in [2.24, 2.45) is 5.92 Å². The van der Waals surface area contributed by atoms with Gasteiger partial charge in [-0.1, -0.05) is 0 Å². The van der Waals surface area contributed by atoms with Gasteiger partial charge in [0.25, 0.3) is 0 Å². The van der Waals surface area contributed by atoms with Crippen LogP contribution in [0.2, 0.25) is 0 Å². The van der Waals surface area contributed by atoms with Gasteiger partial charge in [0.2, 0.25) is 5.91 Å². The zero-order valence-corrected chi connectivity index (χ0v) is 12.7. The summed E-state index contributed by atoms with van der Waals surface area (Å²) in [5.41, 5.74) is 1.74. The molecule has 114 valence electrons. The highest BCUT2D eigenvalue weighted by Crippen LogP contribution is 2.40. The van der Waals surface area contributed by atoms with Gasteiger partial charge in [0.1, 0.15) is 0 Å². The summed E-state index contributed by atoms with van der Waals surface area (Å²) in [4.78, 5) is 12.1. The average molecular weight is 311 g/mol. The van der Waals surface area contributed by atoms with E-state index in [4.69, 9.17) is 4.74 Å². The van der Waals surface area contributed by atoms with E-state index in [-0.39, 0.29) is 11.8 Å². The summed E-state index contributed by atoms with van der Waals surface area (Å²) in [6, 6.07) is 5.07. The Bertz CT molecular complexity index is 683. The maximum atomic E-state index is 12.1. The van der Waals surface area contributed by atoms with Gasteiger partial charge < -0.3 is 10.1 Å². The molecule has 1 saturated heterocycles. The van der Waals surface area contributed by atoms with Crippen LogP contribution in [0.4, 0.5) is 17.1 Å². The number of anilines is 3. The number of rotatable bonds is 2. The molecule has 2 aliphatic heterocycles. The molecule has 0 aromatic heterocycles. The lowest BCUT2D eigenvalue weighted by Gasteiger charge is -2.13. The van der Waals surface area contributed by atoms with E-state index in [1.54, 1.807) is 18.2 Å². The van der Waals surface area contributed by atoms with Crippen molar-refractivity contribution in [2.45, 2.75) is 6.42 Å². The standard InChI is InChI=1S/C13H17N3O4S/c1-15-11-4-3-10(7-12(11)16(2)21(15,18)19)14-13(17)9-5-6-20-8-9/h3-4,7,9H,5-6,8H2,1-2H3,(H,14,17). The first kappa shape index (κ1) is 14.2. The van der Waals surface area contributed by atoms with Crippen LogP contribution in [0.25, 0.3) is 0 Å². The van der Waals surface area contributed by atoms with E-state index in [1.807, 2.05) is 0 Å². The topological polar surface area (TPSA) is 79.0 Å². The van der Waals surface area contributed by atoms with E-state index in [0.29, 0.717) is 36.7 Å². The molecule has 0 bridgehead atoms. The maximum absolute atomic E-state index is 12.1. The molecule has 1 amide bonds. The lowest BCUT2D eigenvalue weighted by Crippen LogP contribution is -2.32. The summed E-state index contributed by atoms with van der Waals surface area (Å²) < 4.78 is 31.7. The van der Waals surface area contributed by atoms with Crippen LogP contribution in [0.5, 0.6) is 0 Å². The van der Waals surface area contributed by atoms with E-state index in [0.717, 1.165) is 0 Å². The summed E-state index contributed by atoms with van der Waals surface area (Å²) in [6.07, 6.45) is 0.716. The molecular weight excluding hydrogens is 294 g/mol. The highest BCUT2D eigenvalue weighted by atomic mass is 32.2. The Morgan fingerprint density at radius 3 is 2.67 bits per heavy atom. The normalized spacial score (nSPS) is 23.2. The second-order valence-corrected chi connectivity index (χ2v) is 7.19. The van der Waals surface area contributed by atoms with E-state index in [2.05, 4.69) is 5.32 Å². The second-order valence-electron chi connectivity index (χ2n) is 5.20. The molecule has 1 aromatic rings. The van der Waals surface area contributed by atoms with Gasteiger partial charge in [-0.3, -0.25) is 13.4 Å². The van der Waals surface area contributed by atoms with Crippen molar-refractivity contribution in [3.05, 3.63) is 18.2 Å². The van der Waals surface area contributed by atoms with E-state index >= 15 is 0 Å². The molecule has 1 atom stereocenters. The highest BCUT2D eigenvalue weighted by molar-refractivity contribution is 7.94. The third-order valence-electron chi connectivity index (χ3n) is 3.91. The summed E-state index contributed by atoms with van der Waals surface area (Å²) >= 11 is 0. The van der Waals surface area contributed by atoms with Crippen molar-refractivity contribution < 1.29 is 17.9 Å². The molecule has 1 aromatic carbocycles. The van der Waals surface area contributed by atoms with Crippen molar-refractivity contribution in [3.8, 4) is 0 Å². The van der Waals surface area contributed by atoms with Crippen molar-refractivity contribution in [1.82, 2.24) is 0 Å². The van der Waals surface area contributed by atoms with Gasteiger partial charge in [-0.2, -0.15) is 8.42 Å². The van der Waals surface area contributed by atoms with Crippen LogP contribution in [0.3, 0.4) is 0 Å². The molecule has 2 aliphatic rings. The fourth-order valence-corrected chi connectivity index (χ4v) is 3.70. The lowest BCUT2D eigenvalue weighted by atomic mass is 10.1. The van der Waals surface area contributed by atoms with Gasteiger partial charge in [0, 0.05) is 26.4 Å². The van der Waals surface area contributed by atoms with Gasteiger partial charge in [-0.25, -0.2) is 0 Å². The van der Waals surface area contributed by atoms with E-state index in [9.17, 15) is 13.2 Å². The summed E-state index contributed by atoms with van der Waals surface area (Å²) in [6.45, 7) is 1.04. The SMILES string of the molecule is CN1c2ccc(NC(=O)C3CCOC3)cc2N(C)S1(=O)=O. The molecule has 2 heterocycles. The van der Waals surface area contributed by atoms with Gasteiger partial charge in [-0.15, -0.1) is 0 Å². The molecule has 0 aliphatic carbocycles. The van der Waals surface area contributed by atoms with E-state index < -0.39 is 10.2 Å². The quantitative estimate of drug-likeness (QED) is 0.876. The summed E-state index contributed by atoms with van der Waals surface area (Å²) in [5.74, 6) is -0.230. The van der Waals surface area contributed by atoms with Gasteiger partial charge >= 0.3 is 10.2 Å². The Balaban J connectivity index is 1.85. The minimum absolute atomic E-state index is 0.0932. The molecular formula is C13H17N3O4S.